The molecule has 1 unspecified atom stereocenters. The molecule has 1 aromatic heterocycles. The minimum absolute atomic E-state index is 0.188. The van der Waals surface area contributed by atoms with Crippen molar-refractivity contribution in [2.45, 2.75) is 45.3 Å². The minimum atomic E-state index is -0.456. The van der Waals surface area contributed by atoms with Crippen molar-refractivity contribution in [2.24, 2.45) is 0 Å². The van der Waals surface area contributed by atoms with E-state index >= 15 is 0 Å². The molecular weight excluding hydrogens is 256 g/mol. The highest BCUT2D eigenvalue weighted by Gasteiger charge is 2.27. The van der Waals surface area contributed by atoms with Crippen LogP contribution in [0.5, 0.6) is 0 Å². The molecule has 1 fully saturated rings. The molecule has 1 aromatic rings. The highest BCUT2D eigenvalue weighted by Crippen LogP contribution is 2.17. The lowest BCUT2D eigenvalue weighted by atomic mass is 10.1. The van der Waals surface area contributed by atoms with Crippen molar-refractivity contribution in [1.82, 2.24) is 15.1 Å². The molecule has 1 saturated heterocycles. The molecule has 0 aliphatic carbocycles. The van der Waals surface area contributed by atoms with Crippen molar-refractivity contribution in [2.75, 3.05) is 18.4 Å². The van der Waals surface area contributed by atoms with Crippen LogP contribution in [0.25, 0.3) is 0 Å². The molecule has 0 radical (unpaired) electrons. The number of amides is 1. The number of anilines is 1. The van der Waals surface area contributed by atoms with Gasteiger partial charge in [0.15, 0.2) is 0 Å². The molecule has 2 heterocycles. The lowest BCUT2D eigenvalue weighted by Gasteiger charge is -2.34. The van der Waals surface area contributed by atoms with Crippen LogP contribution in [-0.4, -0.2) is 45.9 Å². The third-order valence-electron chi connectivity index (χ3n) is 3.00. The van der Waals surface area contributed by atoms with Gasteiger partial charge in [-0.15, -0.1) is 5.10 Å². The van der Waals surface area contributed by atoms with Gasteiger partial charge in [0.1, 0.15) is 11.4 Å². The molecule has 0 bridgehead atoms. The van der Waals surface area contributed by atoms with E-state index in [1.165, 1.54) is 0 Å². The summed E-state index contributed by atoms with van der Waals surface area (Å²) in [7, 11) is 0. The maximum absolute atomic E-state index is 12.1. The average Bonchev–Trinajstić information content (AvgIpc) is 2.38. The number of likely N-dealkylation sites (tertiary alicyclic amines) is 1. The number of hydrogen-bond acceptors (Lipinski definition) is 5. The van der Waals surface area contributed by atoms with Crippen LogP contribution in [0.3, 0.4) is 0 Å². The van der Waals surface area contributed by atoms with Gasteiger partial charge >= 0.3 is 6.09 Å². The van der Waals surface area contributed by atoms with Crippen molar-refractivity contribution >= 4 is 11.9 Å². The summed E-state index contributed by atoms with van der Waals surface area (Å²) < 4.78 is 5.41. The first-order valence-corrected chi connectivity index (χ1v) is 6.96. The summed E-state index contributed by atoms with van der Waals surface area (Å²) in [5.41, 5.74) is -0.456. The fourth-order valence-corrected chi connectivity index (χ4v) is 2.17. The topological polar surface area (TPSA) is 67.3 Å². The van der Waals surface area contributed by atoms with Crippen LogP contribution < -0.4 is 5.32 Å². The van der Waals surface area contributed by atoms with Gasteiger partial charge in [0.25, 0.3) is 0 Å². The molecule has 0 aromatic carbocycles. The lowest BCUT2D eigenvalue weighted by Crippen LogP contribution is -2.47. The zero-order chi connectivity index (χ0) is 14.6. The number of carbonyl (C=O) groups is 1. The van der Waals surface area contributed by atoms with Gasteiger partial charge in [-0.25, -0.2) is 4.79 Å². The van der Waals surface area contributed by atoms with E-state index in [0.29, 0.717) is 6.54 Å². The van der Waals surface area contributed by atoms with Crippen LogP contribution in [0.2, 0.25) is 0 Å². The second-order valence-corrected chi connectivity index (χ2v) is 6.02. The third kappa shape index (κ3) is 4.36. The predicted octanol–water partition coefficient (Wildman–Crippen LogP) is 2.29. The molecule has 6 nitrogen and oxygen atoms in total. The van der Waals surface area contributed by atoms with Crippen LogP contribution in [0.4, 0.5) is 10.6 Å². The van der Waals surface area contributed by atoms with E-state index in [1.54, 1.807) is 11.1 Å². The van der Waals surface area contributed by atoms with Crippen molar-refractivity contribution in [3.63, 3.8) is 0 Å². The molecule has 1 aliphatic heterocycles. The van der Waals surface area contributed by atoms with Crippen molar-refractivity contribution in [3.8, 4) is 0 Å². The standard InChI is InChI=1S/C14H22N4O2/c1-14(2,3)20-13(19)18-9-5-6-11(10-18)16-12-7-4-8-15-17-12/h4,7-8,11H,5-6,9-10H2,1-3H3,(H,16,17). The molecule has 6 heteroatoms. The van der Waals surface area contributed by atoms with Crippen molar-refractivity contribution in [1.29, 1.82) is 0 Å². The van der Waals surface area contributed by atoms with E-state index in [0.717, 1.165) is 25.2 Å². The average molecular weight is 278 g/mol. The number of carbonyl (C=O) groups excluding carboxylic acids is 1. The zero-order valence-electron chi connectivity index (χ0n) is 12.3. The molecule has 2 rings (SSSR count). The van der Waals surface area contributed by atoms with Gasteiger partial charge in [-0.1, -0.05) is 0 Å². The van der Waals surface area contributed by atoms with Crippen LogP contribution in [0.15, 0.2) is 18.3 Å². The van der Waals surface area contributed by atoms with Crippen LogP contribution >= 0.6 is 0 Å². The molecule has 0 saturated carbocycles. The first kappa shape index (κ1) is 14.6. The van der Waals surface area contributed by atoms with E-state index < -0.39 is 5.60 Å². The number of rotatable bonds is 2. The van der Waals surface area contributed by atoms with Gasteiger partial charge < -0.3 is 15.0 Å². The van der Waals surface area contributed by atoms with Gasteiger partial charge in [-0.2, -0.15) is 5.10 Å². The normalized spacial score (nSPS) is 19.6. The number of piperidine rings is 1. The van der Waals surface area contributed by atoms with Crippen LogP contribution in [-0.2, 0) is 4.74 Å². The summed E-state index contributed by atoms with van der Waals surface area (Å²) in [4.78, 5) is 13.8. The van der Waals surface area contributed by atoms with Gasteiger partial charge in [-0.05, 0) is 45.7 Å². The van der Waals surface area contributed by atoms with Gasteiger partial charge in [0, 0.05) is 25.3 Å². The Morgan fingerprint density at radius 1 is 1.50 bits per heavy atom. The number of aromatic nitrogens is 2. The summed E-state index contributed by atoms with van der Waals surface area (Å²) in [6, 6.07) is 3.90. The van der Waals surface area contributed by atoms with Crippen LogP contribution in [0.1, 0.15) is 33.6 Å². The minimum Gasteiger partial charge on any atom is -0.444 e. The summed E-state index contributed by atoms with van der Waals surface area (Å²) in [6.07, 6.45) is 3.36. The van der Waals surface area contributed by atoms with Gasteiger partial charge in [-0.3, -0.25) is 0 Å². The molecule has 0 spiro atoms. The predicted molar refractivity (Wildman–Crippen MR) is 76.5 cm³/mol. The molecular formula is C14H22N4O2. The summed E-state index contributed by atoms with van der Waals surface area (Å²) in [5.74, 6) is 0.739. The second-order valence-electron chi connectivity index (χ2n) is 6.02. The Hall–Kier alpha value is -1.85. The zero-order valence-corrected chi connectivity index (χ0v) is 12.3. The molecule has 20 heavy (non-hydrogen) atoms. The summed E-state index contributed by atoms with van der Waals surface area (Å²) >= 11 is 0. The second kappa shape index (κ2) is 6.07. The smallest absolute Gasteiger partial charge is 0.410 e. The molecule has 1 atom stereocenters. The van der Waals surface area contributed by atoms with Gasteiger partial charge in [0.05, 0.1) is 0 Å². The highest BCUT2D eigenvalue weighted by atomic mass is 16.6. The Balaban J connectivity index is 1.90. The van der Waals surface area contributed by atoms with Gasteiger partial charge in [0.2, 0.25) is 0 Å². The van der Waals surface area contributed by atoms with Crippen molar-refractivity contribution < 1.29 is 9.53 Å². The maximum atomic E-state index is 12.1. The van der Waals surface area contributed by atoms with E-state index in [2.05, 4.69) is 15.5 Å². The Morgan fingerprint density at radius 3 is 2.95 bits per heavy atom. The summed E-state index contributed by atoms with van der Waals surface area (Å²) in [5, 5.41) is 11.1. The number of nitrogens with zero attached hydrogens (tertiary/aromatic N) is 3. The first-order valence-electron chi connectivity index (χ1n) is 6.96. The molecule has 110 valence electrons. The molecule has 1 aliphatic rings. The van der Waals surface area contributed by atoms with Crippen LogP contribution in [0, 0.1) is 0 Å². The molecule has 1 amide bonds. The van der Waals surface area contributed by atoms with Crippen molar-refractivity contribution in [3.05, 3.63) is 18.3 Å². The maximum Gasteiger partial charge on any atom is 0.410 e. The van der Waals surface area contributed by atoms with E-state index in [-0.39, 0.29) is 12.1 Å². The monoisotopic (exact) mass is 278 g/mol. The van der Waals surface area contributed by atoms with E-state index in [4.69, 9.17) is 4.74 Å². The summed E-state index contributed by atoms with van der Waals surface area (Å²) in [6.45, 7) is 7.01. The fourth-order valence-electron chi connectivity index (χ4n) is 2.17. The Bertz CT molecular complexity index is 444. The third-order valence-corrected chi connectivity index (χ3v) is 3.00. The highest BCUT2D eigenvalue weighted by molar-refractivity contribution is 5.68. The number of nitrogens with one attached hydrogen (secondary N) is 1. The number of ether oxygens (including phenoxy) is 1. The first-order chi connectivity index (χ1) is 9.44. The molecule has 1 N–H and O–H groups in total. The van der Waals surface area contributed by atoms with E-state index in [9.17, 15) is 4.79 Å². The Labute approximate surface area is 119 Å². The van der Waals surface area contributed by atoms with E-state index in [1.807, 2.05) is 32.9 Å². The Kier molecular flexibility index (Phi) is 4.42. The fraction of sp³-hybridized carbons (Fsp3) is 0.643. The SMILES string of the molecule is CC(C)(C)OC(=O)N1CCCC(Nc2cccnn2)C1. The number of hydrogen-bond donors (Lipinski definition) is 1. The Morgan fingerprint density at radius 2 is 2.30 bits per heavy atom. The lowest BCUT2D eigenvalue weighted by molar-refractivity contribution is 0.0206. The quantitative estimate of drug-likeness (QED) is 0.899. The largest absolute Gasteiger partial charge is 0.444 e.